The SMILES string of the molecule is COC1=CCC2=C(C(=O)Oc3ccc(SCl)cc3)c3ccccc3N(c3ccccc3)C2=C1. The number of ether oxygens (including phenoxy) is 2. The quantitative estimate of drug-likeness (QED) is 0.288. The van der Waals surface area contributed by atoms with Crippen LogP contribution in [0.15, 0.2) is 113 Å². The molecule has 0 saturated heterocycles. The van der Waals surface area contributed by atoms with Crippen LogP contribution in [0.3, 0.4) is 0 Å². The van der Waals surface area contributed by atoms with E-state index >= 15 is 0 Å². The van der Waals surface area contributed by atoms with Crippen molar-refractivity contribution in [3.8, 4) is 5.75 Å². The first-order valence-corrected chi connectivity index (χ1v) is 12.1. The standard InChI is InChI=1S/C27H20ClNO3S/c1-31-20-13-16-23-25(17-20)29(18-7-3-2-4-8-18)24-10-6-5-9-22(24)26(23)27(30)32-19-11-14-21(33-28)15-12-19/h2-15,17H,16H2,1H3. The summed E-state index contributed by atoms with van der Waals surface area (Å²) in [5.74, 6) is 0.840. The summed E-state index contributed by atoms with van der Waals surface area (Å²) in [6, 6.07) is 25.2. The van der Waals surface area contributed by atoms with Crippen LogP contribution in [0.1, 0.15) is 12.0 Å². The molecule has 0 N–H and O–H groups in total. The lowest BCUT2D eigenvalue weighted by molar-refractivity contribution is -0.128. The second-order valence-corrected chi connectivity index (χ2v) is 8.61. The molecule has 0 fully saturated rings. The number of hydrogen-bond acceptors (Lipinski definition) is 5. The number of fused-ring (bicyclic) bond motifs is 2. The number of carbonyl (C=O) groups excluding carboxylic acids is 1. The Morgan fingerprint density at radius 2 is 1.70 bits per heavy atom. The second-order valence-electron chi connectivity index (χ2n) is 7.52. The number of halogens is 1. The van der Waals surface area contributed by atoms with Crippen LogP contribution in [0, 0.1) is 0 Å². The molecule has 0 spiro atoms. The molecular formula is C27H20ClNO3S. The Hall–Kier alpha value is -3.41. The van der Waals surface area contributed by atoms with Crippen LogP contribution in [-0.2, 0) is 9.53 Å². The highest BCUT2D eigenvalue weighted by Gasteiger charge is 2.34. The van der Waals surface area contributed by atoms with E-state index in [2.05, 4.69) is 17.0 Å². The molecule has 0 atom stereocenters. The van der Waals surface area contributed by atoms with E-state index in [1.807, 2.05) is 66.7 Å². The fraction of sp³-hybridized carbons (Fsp3) is 0.0741. The first-order chi connectivity index (χ1) is 16.2. The third-order valence-corrected chi connectivity index (χ3v) is 6.61. The average Bonchev–Trinajstić information content (AvgIpc) is 2.87. The van der Waals surface area contributed by atoms with E-state index in [0.717, 1.165) is 49.8 Å². The van der Waals surface area contributed by atoms with Gasteiger partial charge in [-0.25, -0.2) is 4.79 Å². The third kappa shape index (κ3) is 4.06. The van der Waals surface area contributed by atoms with Gasteiger partial charge in [0, 0.05) is 22.2 Å². The maximum absolute atomic E-state index is 13.5. The smallest absolute Gasteiger partial charge is 0.344 e. The highest BCUT2D eigenvalue weighted by Crippen LogP contribution is 2.47. The van der Waals surface area contributed by atoms with E-state index in [4.69, 9.17) is 20.2 Å². The molecule has 0 unspecified atom stereocenters. The van der Waals surface area contributed by atoms with Crippen LogP contribution in [-0.4, -0.2) is 13.1 Å². The Kier molecular flexibility index (Phi) is 5.99. The van der Waals surface area contributed by atoms with Crippen LogP contribution >= 0.6 is 21.7 Å². The maximum atomic E-state index is 13.5. The van der Waals surface area contributed by atoms with Crippen molar-refractivity contribution in [1.29, 1.82) is 0 Å². The van der Waals surface area contributed by atoms with Crippen LogP contribution in [0.2, 0.25) is 0 Å². The van der Waals surface area contributed by atoms with Gasteiger partial charge in [-0.3, -0.25) is 0 Å². The van der Waals surface area contributed by atoms with Crippen molar-refractivity contribution in [2.24, 2.45) is 0 Å². The predicted octanol–water partition coefficient (Wildman–Crippen LogP) is 7.26. The summed E-state index contributed by atoms with van der Waals surface area (Å²) in [7, 11) is 8.58. The zero-order valence-corrected chi connectivity index (χ0v) is 19.4. The summed E-state index contributed by atoms with van der Waals surface area (Å²) in [5.41, 5.74) is 5.12. The third-order valence-electron chi connectivity index (χ3n) is 5.63. The summed E-state index contributed by atoms with van der Waals surface area (Å²) in [5, 5.41) is 0. The Bertz CT molecular complexity index is 1300. The minimum Gasteiger partial charge on any atom is -0.497 e. The summed E-state index contributed by atoms with van der Waals surface area (Å²) >= 11 is 0. The van der Waals surface area contributed by atoms with E-state index in [9.17, 15) is 4.79 Å². The molecule has 3 aromatic carbocycles. The predicted molar refractivity (Wildman–Crippen MR) is 134 cm³/mol. The van der Waals surface area contributed by atoms with Gasteiger partial charge in [0.25, 0.3) is 0 Å². The number of methoxy groups -OCH3 is 1. The van der Waals surface area contributed by atoms with Crippen LogP contribution in [0.5, 0.6) is 5.75 Å². The van der Waals surface area contributed by atoms with Crippen LogP contribution < -0.4 is 9.64 Å². The molecule has 0 amide bonds. The van der Waals surface area contributed by atoms with Gasteiger partial charge < -0.3 is 14.4 Å². The second kappa shape index (κ2) is 9.22. The molecule has 164 valence electrons. The molecule has 0 radical (unpaired) electrons. The monoisotopic (exact) mass is 473 g/mol. The van der Waals surface area contributed by atoms with E-state index in [1.54, 1.807) is 19.2 Å². The van der Waals surface area contributed by atoms with Crippen molar-refractivity contribution in [2.75, 3.05) is 12.0 Å². The molecular weight excluding hydrogens is 454 g/mol. The molecule has 0 bridgehead atoms. The lowest BCUT2D eigenvalue weighted by Crippen LogP contribution is -2.28. The Balaban J connectivity index is 1.64. The maximum Gasteiger partial charge on any atom is 0.344 e. The van der Waals surface area contributed by atoms with Crippen molar-refractivity contribution >= 4 is 44.6 Å². The number of nitrogens with zero attached hydrogens (tertiary/aromatic N) is 1. The summed E-state index contributed by atoms with van der Waals surface area (Å²) in [4.78, 5) is 16.6. The molecule has 33 heavy (non-hydrogen) atoms. The molecule has 1 aliphatic carbocycles. The molecule has 6 heteroatoms. The number of carbonyl (C=O) groups is 1. The van der Waals surface area contributed by atoms with E-state index < -0.39 is 5.97 Å². The van der Waals surface area contributed by atoms with Gasteiger partial charge in [-0.05, 0) is 82.2 Å². The number of hydrogen-bond donors (Lipinski definition) is 0. The number of para-hydroxylation sites is 2. The van der Waals surface area contributed by atoms with Crippen LogP contribution in [0.4, 0.5) is 11.4 Å². The van der Waals surface area contributed by atoms with Gasteiger partial charge in [-0.1, -0.05) is 36.4 Å². The topological polar surface area (TPSA) is 38.8 Å². The van der Waals surface area contributed by atoms with Gasteiger partial charge in [0.15, 0.2) is 0 Å². The van der Waals surface area contributed by atoms with Gasteiger partial charge in [-0.15, -0.1) is 0 Å². The molecule has 5 rings (SSSR count). The molecule has 3 aromatic rings. The van der Waals surface area contributed by atoms with Gasteiger partial charge >= 0.3 is 5.97 Å². The highest BCUT2D eigenvalue weighted by atomic mass is 35.7. The summed E-state index contributed by atoms with van der Waals surface area (Å²) in [6.45, 7) is 0. The molecule has 1 heterocycles. The summed E-state index contributed by atoms with van der Waals surface area (Å²) in [6.07, 6.45) is 4.51. The normalized spacial score (nSPS) is 14.7. The van der Waals surface area contributed by atoms with Crippen molar-refractivity contribution in [1.82, 2.24) is 0 Å². The van der Waals surface area contributed by atoms with Crippen LogP contribution in [0.25, 0.3) is 5.57 Å². The fourth-order valence-corrected chi connectivity index (χ4v) is 4.69. The number of allylic oxidation sites excluding steroid dienone is 3. The minimum atomic E-state index is -0.392. The zero-order chi connectivity index (χ0) is 22.8. The number of esters is 1. The van der Waals surface area contributed by atoms with Crippen molar-refractivity contribution in [3.05, 3.63) is 114 Å². The lowest BCUT2D eigenvalue weighted by atomic mass is 9.86. The average molecular weight is 474 g/mol. The molecule has 0 saturated carbocycles. The fourth-order valence-electron chi connectivity index (χ4n) is 4.14. The Morgan fingerprint density at radius 3 is 2.42 bits per heavy atom. The van der Waals surface area contributed by atoms with E-state index in [-0.39, 0.29) is 0 Å². The number of benzene rings is 3. The first kappa shape index (κ1) is 21.4. The Labute approximate surface area is 201 Å². The van der Waals surface area contributed by atoms with Crippen molar-refractivity contribution < 1.29 is 14.3 Å². The molecule has 2 aliphatic rings. The van der Waals surface area contributed by atoms with Gasteiger partial charge in [-0.2, -0.15) is 0 Å². The first-order valence-electron chi connectivity index (χ1n) is 10.4. The number of anilines is 2. The molecule has 0 aromatic heterocycles. The van der Waals surface area contributed by atoms with Crippen molar-refractivity contribution in [3.63, 3.8) is 0 Å². The molecule has 4 nitrogen and oxygen atoms in total. The summed E-state index contributed by atoms with van der Waals surface area (Å²) < 4.78 is 11.3. The highest BCUT2D eigenvalue weighted by molar-refractivity contribution is 8.21. The van der Waals surface area contributed by atoms with Gasteiger partial charge in [0.1, 0.15) is 11.5 Å². The lowest BCUT2D eigenvalue weighted by Gasteiger charge is -2.37. The Morgan fingerprint density at radius 1 is 0.970 bits per heavy atom. The van der Waals surface area contributed by atoms with E-state index in [0.29, 0.717) is 17.7 Å². The largest absolute Gasteiger partial charge is 0.497 e. The van der Waals surface area contributed by atoms with Gasteiger partial charge in [0.2, 0.25) is 0 Å². The van der Waals surface area contributed by atoms with E-state index in [1.165, 1.54) is 0 Å². The minimum absolute atomic E-state index is 0.392. The van der Waals surface area contributed by atoms with Gasteiger partial charge in [0.05, 0.1) is 24.1 Å². The molecule has 1 aliphatic heterocycles. The zero-order valence-electron chi connectivity index (χ0n) is 17.8. The number of rotatable bonds is 5. The van der Waals surface area contributed by atoms with Crippen molar-refractivity contribution in [2.45, 2.75) is 11.3 Å².